The predicted molar refractivity (Wildman–Crippen MR) is 79.8 cm³/mol. The van der Waals surface area contributed by atoms with Gasteiger partial charge in [0.1, 0.15) is 0 Å². The molecule has 2 rings (SSSR count). The maximum absolute atomic E-state index is 12.5. The van der Waals surface area contributed by atoms with Crippen LogP contribution in [0.3, 0.4) is 0 Å². The molecule has 2 aromatic rings. The third-order valence-corrected chi connectivity index (χ3v) is 3.25. The Morgan fingerprint density at radius 1 is 1.27 bits per heavy atom. The number of carbonyl (C=O) groups is 2. The molecule has 0 aliphatic carbocycles. The van der Waals surface area contributed by atoms with Crippen LogP contribution in [0.4, 0.5) is 0 Å². The number of aliphatic carboxylic acids is 1. The van der Waals surface area contributed by atoms with Crippen LogP contribution in [0.2, 0.25) is 0 Å². The van der Waals surface area contributed by atoms with Crippen molar-refractivity contribution in [3.63, 3.8) is 0 Å². The van der Waals surface area contributed by atoms with Gasteiger partial charge in [-0.05, 0) is 38.1 Å². The Hall–Kier alpha value is -2.70. The maximum Gasteiger partial charge on any atom is 0.305 e. The van der Waals surface area contributed by atoms with Crippen molar-refractivity contribution in [1.29, 1.82) is 0 Å². The predicted octanol–water partition coefficient (Wildman–Crippen LogP) is 1.59. The third-order valence-electron chi connectivity index (χ3n) is 3.25. The highest BCUT2D eigenvalue weighted by atomic mass is 16.4. The summed E-state index contributed by atoms with van der Waals surface area (Å²) in [4.78, 5) is 24.8. The van der Waals surface area contributed by atoms with Crippen LogP contribution in [0.1, 0.15) is 30.6 Å². The molecule has 0 unspecified atom stereocenters. The van der Waals surface area contributed by atoms with Crippen LogP contribution in [0, 0.1) is 0 Å². The zero-order chi connectivity index (χ0) is 16.1. The summed E-state index contributed by atoms with van der Waals surface area (Å²) in [5.41, 5.74) is 1.32. The Bertz CT molecular complexity index is 635. The number of amides is 1. The standard InChI is InChI=1S/C15H18N4O3/c1-11(2)18(9-7-14(20)21)15(22)12-3-5-13(6-4-12)19-10-8-16-17-19/h3-6,8,10-11H,7,9H2,1-2H3,(H,20,21). The summed E-state index contributed by atoms with van der Waals surface area (Å²) in [6, 6.07) is 6.89. The molecule has 0 atom stereocenters. The maximum atomic E-state index is 12.5. The average Bonchev–Trinajstić information content (AvgIpc) is 3.01. The molecular weight excluding hydrogens is 284 g/mol. The van der Waals surface area contributed by atoms with Crippen molar-refractivity contribution >= 4 is 11.9 Å². The van der Waals surface area contributed by atoms with Gasteiger partial charge in [-0.2, -0.15) is 0 Å². The first kappa shape index (κ1) is 15.7. The molecule has 0 saturated carbocycles. The van der Waals surface area contributed by atoms with Gasteiger partial charge >= 0.3 is 5.97 Å². The molecule has 1 N–H and O–H groups in total. The highest BCUT2D eigenvalue weighted by molar-refractivity contribution is 5.94. The molecule has 116 valence electrons. The van der Waals surface area contributed by atoms with Gasteiger partial charge in [-0.25, -0.2) is 4.68 Å². The molecule has 1 heterocycles. The normalized spacial score (nSPS) is 10.7. The van der Waals surface area contributed by atoms with Crippen molar-refractivity contribution in [2.75, 3.05) is 6.54 Å². The number of aromatic nitrogens is 3. The van der Waals surface area contributed by atoms with E-state index in [0.29, 0.717) is 5.56 Å². The molecule has 0 radical (unpaired) electrons. The fraction of sp³-hybridized carbons (Fsp3) is 0.333. The minimum Gasteiger partial charge on any atom is -0.481 e. The molecule has 1 aromatic heterocycles. The van der Waals surface area contributed by atoms with E-state index in [1.54, 1.807) is 46.2 Å². The number of nitrogens with zero attached hydrogens (tertiary/aromatic N) is 4. The summed E-state index contributed by atoms with van der Waals surface area (Å²) in [6.45, 7) is 3.92. The Kier molecular flexibility index (Phi) is 4.88. The fourth-order valence-corrected chi connectivity index (χ4v) is 2.08. The molecule has 0 aliphatic heterocycles. The summed E-state index contributed by atoms with van der Waals surface area (Å²) < 4.78 is 1.60. The number of hydrogen-bond acceptors (Lipinski definition) is 4. The topological polar surface area (TPSA) is 88.3 Å². The lowest BCUT2D eigenvalue weighted by atomic mass is 10.1. The van der Waals surface area contributed by atoms with Crippen molar-refractivity contribution in [3.8, 4) is 5.69 Å². The lowest BCUT2D eigenvalue weighted by Crippen LogP contribution is -2.38. The van der Waals surface area contributed by atoms with Crippen LogP contribution in [0.15, 0.2) is 36.7 Å². The zero-order valence-electron chi connectivity index (χ0n) is 12.5. The molecule has 0 aliphatic rings. The summed E-state index contributed by atoms with van der Waals surface area (Å²) in [7, 11) is 0. The minimum absolute atomic E-state index is 0.0677. The number of hydrogen-bond donors (Lipinski definition) is 1. The first-order valence-corrected chi connectivity index (χ1v) is 6.98. The van der Waals surface area contributed by atoms with Gasteiger partial charge in [0.25, 0.3) is 5.91 Å². The number of carbonyl (C=O) groups excluding carboxylic acids is 1. The molecule has 7 nitrogen and oxygen atoms in total. The molecular formula is C15H18N4O3. The summed E-state index contributed by atoms with van der Waals surface area (Å²) in [6.07, 6.45) is 3.22. The summed E-state index contributed by atoms with van der Waals surface area (Å²) >= 11 is 0. The lowest BCUT2D eigenvalue weighted by molar-refractivity contribution is -0.137. The largest absolute Gasteiger partial charge is 0.481 e. The van der Waals surface area contributed by atoms with Crippen LogP contribution in [0.5, 0.6) is 0 Å². The molecule has 22 heavy (non-hydrogen) atoms. The quantitative estimate of drug-likeness (QED) is 0.875. The van der Waals surface area contributed by atoms with E-state index in [2.05, 4.69) is 10.3 Å². The molecule has 0 bridgehead atoms. The second kappa shape index (κ2) is 6.84. The lowest BCUT2D eigenvalue weighted by Gasteiger charge is -2.26. The monoisotopic (exact) mass is 302 g/mol. The number of carboxylic acids is 1. The van der Waals surface area contributed by atoms with Crippen LogP contribution >= 0.6 is 0 Å². The molecule has 0 spiro atoms. The second-order valence-electron chi connectivity index (χ2n) is 5.13. The number of carboxylic acid groups (broad SMARTS) is 1. The average molecular weight is 302 g/mol. The first-order valence-electron chi connectivity index (χ1n) is 6.98. The summed E-state index contributed by atoms with van der Waals surface area (Å²) in [5.74, 6) is -1.10. The smallest absolute Gasteiger partial charge is 0.305 e. The fourth-order valence-electron chi connectivity index (χ4n) is 2.08. The van der Waals surface area contributed by atoms with Gasteiger partial charge in [0.15, 0.2) is 0 Å². The Morgan fingerprint density at radius 2 is 1.95 bits per heavy atom. The van der Waals surface area contributed by atoms with Gasteiger partial charge in [0.05, 0.1) is 24.5 Å². The van der Waals surface area contributed by atoms with Crippen molar-refractivity contribution in [3.05, 3.63) is 42.2 Å². The van der Waals surface area contributed by atoms with Crippen LogP contribution in [0.25, 0.3) is 5.69 Å². The Morgan fingerprint density at radius 3 is 2.45 bits per heavy atom. The van der Waals surface area contributed by atoms with E-state index in [-0.39, 0.29) is 24.9 Å². The van der Waals surface area contributed by atoms with E-state index in [1.807, 2.05) is 13.8 Å². The molecule has 0 fully saturated rings. The van der Waals surface area contributed by atoms with Gasteiger partial charge in [0, 0.05) is 18.2 Å². The van der Waals surface area contributed by atoms with Crippen LogP contribution in [-0.4, -0.2) is 49.5 Å². The van der Waals surface area contributed by atoms with Gasteiger partial charge < -0.3 is 10.0 Å². The Balaban J connectivity index is 2.14. The highest BCUT2D eigenvalue weighted by Gasteiger charge is 2.19. The van der Waals surface area contributed by atoms with E-state index in [1.165, 1.54) is 0 Å². The van der Waals surface area contributed by atoms with Gasteiger partial charge in [-0.15, -0.1) is 5.10 Å². The van der Waals surface area contributed by atoms with Crippen LogP contribution < -0.4 is 0 Å². The molecule has 7 heteroatoms. The van der Waals surface area contributed by atoms with Gasteiger partial charge in [-0.3, -0.25) is 9.59 Å². The molecule has 1 aromatic carbocycles. The minimum atomic E-state index is -0.917. The number of benzene rings is 1. The molecule has 0 saturated heterocycles. The van der Waals surface area contributed by atoms with Crippen molar-refractivity contribution in [2.24, 2.45) is 0 Å². The van der Waals surface area contributed by atoms with Gasteiger partial charge in [0.2, 0.25) is 0 Å². The second-order valence-corrected chi connectivity index (χ2v) is 5.13. The van der Waals surface area contributed by atoms with Crippen molar-refractivity contribution < 1.29 is 14.7 Å². The first-order chi connectivity index (χ1) is 10.5. The number of rotatable bonds is 6. The SMILES string of the molecule is CC(C)N(CCC(=O)O)C(=O)c1ccc(-n2ccnn2)cc1. The van der Waals surface area contributed by atoms with E-state index in [0.717, 1.165) is 5.69 Å². The van der Waals surface area contributed by atoms with Crippen LogP contribution in [-0.2, 0) is 4.79 Å². The summed E-state index contributed by atoms with van der Waals surface area (Å²) in [5, 5.41) is 16.4. The van der Waals surface area contributed by atoms with Crippen molar-refractivity contribution in [2.45, 2.75) is 26.3 Å². The molecule has 1 amide bonds. The third kappa shape index (κ3) is 3.69. The Labute approximate surface area is 128 Å². The van der Waals surface area contributed by atoms with E-state index in [9.17, 15) is 9.59 Å². The van der Waals surface area contributed by atoms with E-state index in [4.69, 9.17) is 5.11 Å². The zero-order valence-corrected chi connectivity index (χ0v) is 12.5. The van der Waals surface area contributed by atoms with Gasteiger partial charge in [-0.1, -0.05) is 5.21 Å². The van der Waals surface area contributed by atoms with E-state index < -0.39 is 5.97 Å². The highest BCUT2D eigenvalue weighted by Crippen LogP contribution is 2.12. The van der Waals surface area contributed by atoms with E-state index >= 15 is 0 Å². The van der Waals surface area contributed by atoms with Crippen molar-refractivity contribution in [1.82, 2.24) is 19.9 Å².